The van der Waals surface area contributed by atoms with Gasteiger partial charge in [0.05, 0.1) is 17.4 Å². The van der Waals surface area contributed by atoms with Crippen LogP contribution in [0.1, 0.15) is 44.0 Å². The van der Waals surface area contributed by atoms with Crippen molar-refractivity contribution in [3.05, 3.63) is 39.9 Å². The Hall–Kier alpha value is -2.77. The average molecular weight is 335 g/mol. The number of nitro benzene ring substituents is 1. The maximum absolute atomic E-state index is 12.0. The molecule has 1 aromatic carbocycles. The van der Waals surface area contributed by atoms with Crippen LogP contribution in [-0.4, -0.2) is 29.1 Å². The first kappa shape index (κ1) is 19.3. The molecule has 0 aromatic heterocycles. The molecule has 0 aliphatic heterocycles. The van der Waals surface area contributed by atoms with E-state index in [4.69, 9.17) is 4.74 Å². The topological polar surface area (TPSA) is 111 Å². The lowest BCUT2D eigenvalue weighted by Gasteiger charge is -2.14. The first-order valence-electron chi connectivity index (χ1n) is 7.66. The molecule has 0 bridgehead atoms. The van der Waals surface area contributed by atoms with Gasteiger partial charge in [0.2, 0.25) is 0 Å². The Balaban J connectivity index is 2.84. The summed E-state index contributed by atoms with van der Waals surface area (Å²) in [6, 6.07) is 5.32. The molecule has 0 aliphatic carbocycles. The molecule has 8 nitrogen and oxygen atoms in total. The number of rotatable bonds is 8. The molecule has 0 aliphatic rings. The Labute approximate surface area is 140 Å². The number of hydrogen-bond acceptors (Lipinski definition) is 6. The zero-order valence-electron chi connectivity index (χ0n) is 13.9. The molecule has 0 fully saturated rings. The normalized spacial score (nSPS) is 12.4. The summed E-state index contributed by atoms with van der Waals surface area (Å²) in [5.74, 6) is -1.50. The second kappa shape index (κ2) is 9.39. The number of carbonyl (C=O) groups is 2. The lowest BCUT2D eigenvalue weighted by Crippen LogP contribution is -2.28. The van der Waals surface area contributed by atoms with Crippen LogP contribution in [0.25, 0.3) is 0 Å². The number of hydrazone groups is 1. The molecule has 0 heterocycles. The monoisotopic (exact) mass is 335 g/mol. The van der Waals surface area contributed by atoms with Gasteiger partial charge in [-0.25, -0.2) is 5.43 Å². The number of amides is 1. The van der Waals surface area contributed by atoms with Crippen LogP contribution in [0, 0.1) is 16.0 Å². The zero-order chi connectivity index (χ0) is 18.1. The first-order chi connectivity index (χ1) is 11.4. The van der Waals surface area contributed by atoms with Crippen molar-refractivity contribution in [2.75, 3.05) is 6.61 Å². The number of carbonyl (C=O) groups excluding carboxylic acids is 2. The third-order valence-electron chi connectivity index (χ3n) is 3.31. The molecule has 0 spiro atoms. The van der Waals surface area contributed by atoms with E-state index in [1.165, 1.54) is 18.2 Å². The molecule has 1 rings (SSSR count). The highest BCUT2D eigenvalue weighted by molar-refractivity contribution is 6.02. The largest absolute Gasteiger partial charge is 0.465 e. The van der Waals surface area contributed by atoms with Gasteiger partial charge in [0.15, 0.2) is 0 Å². The van der Waals surface area contributed by atoms with E-state index >= 15 is 0 Å². The van der Waals surface area contributed by atoms with E-state index < -0.39 is 16.7 Å². The molecule has 1 N–H and O–H groups in total. The zero-order valence-corrected chi connectivity index (χ0v) is 13.9. The number of non-ortho nitro benzene ring substituents is 1. The van der Waals surface area contributed by atoms with Crippen molar-refractivity contribution in [1.29, 1.82) is 0 Å². The summed E-state index contributed by atoms with van der Waals surface area (Å²) in [7, 11) is 0. The van der Waals surface area contributed by atoms with Gasteiger partial charge in [0.25, 0.3) is 11.6 Å². The van der Waals surface area contributed by atoms with Crippen LogP contribution in [0.3, 0.4) is 0 Å². The van der Waals surface area contributed by atoms with E-state index in [-0.39, 0.29) is 23.8 Å². The van der Waals surface area contributed by atoms with Crippen molar-refractivity contribution < 1.29 is 19.2 Å². The van der Waals surface area contributed by atoms with Gasteiger partial charge in [-0.2, -0.15) is 5.10 Å². The second-order valence-electron chi connectivity index (χ2n) is 5.09. The van der Waals surface area contributed by atoms with Gasteiger partial charge in [-0.15, -0.1) is 0 Å². The fourth-order valence-corrected chi connectivity index (χ4v) is 2.07. The molecule has 1 atom stereocenters. The van der Waals surface area contributed by atoms with E-state index in [1.807, 2.05) is 6.92 Å². The van der Waals surface area contributed by atoms with Crippen LogP contribution in [0.2, 0.25) is 0 Å². The molecule has 1 amide bonds. The van der Waals surface area contributed by atoms with Crippen molar-refractivity contribution in [3.63, 3.8) is 0 Å². The number of hydrogen-bond donors (Lipinski definition) is 1. The number of ether oxygens (including phenoxy) is 1. The molecular formula is C16H21N3O5. The highest BCUT2D eigenvalue weighted by Crippen LogP contribution is 2.14. The van der Waals surface area contributed by atoms with E-state index in [1.54, 1.807) is 13.8 Å². The van der Waals surface area contributed by atoms with Crippen molar-refractivity contribution in [1.82, 2.24) is 5.43 Å². The van der Waals surface area contributed by atoms with Gasteiger partial charge in [-0.05, 0) is 26.3 Å². The van der Waals surface area contributed by atoms with Crippen molar-refractivity contribution in [2.24, 2.45) is 11.0 Å². The van der Waals surface area contributed by atoms with Crippen LogP contribution < -0.4 is 5.43 Å². The van der Waals surface area contributed by atoms with Gasteiger partial charge in [-0.1, -0.05) is 19.4 Å². The third kappa shape index (κ3) is 5.45. The van der Waals surface area contributed by atoms with Gasteiger partial charge in [0.1, 0.15) is 0 Å². The van der Waals surface area contributed by atoms with Crippen LogP contribution in [-0.2, 0) is 9.53 Å². The summed E-state index contributed by atoms with van der Waals surface area (Å²) < 4.78 is 5.00. The second-order valence-corrected chi connectivity index (χ2v) is 5.09. The van der Waals surface area contributed by atoms with E-state index in [0.717, 1.165) is 12.5 Å². The number of nitro groups is 1. The smallest absolute Gasteiger partial charge is 0.314 e. The molecule has 8 heteroatoms. The Morgan fingerprint density at radius 2 is 2.08 bits per heavy atom. The van der Waals surface area contributed by atoms with Crippen LogP contribution >= 0.6 is 0 Å². The highest BCUT2D eigenvalue weighted by atomic mass is 16.6. The van der Waals surface area contributed by atoms with Crippen LogP contribution in [0.5, 0.6) is 0 Å². The van der Waals surface area contributed by atoms with Gasteiger partial charge in [-0.3, -0.25) is 19.7 Å². The van der Waals surface area contributed by atoms with Crippen molar-refractivity contribution >= 4 is 23.3 Å². The fraction of sp³-hybridized carbons (Fsp3) is 0.438. The highest BCUT2D eigenvalue weighted by Gasteiger charge is 2.22. The maximum atomic E-state index is 12.0. The quantitative estimate of drug-likeness (QED) is 0.340. The summed E-state index contributed by atoms with van der Waals surface area (Å²) in [4.78, 5) is 34.1. The van der Waals surface area contributed by atoms with Crippen LogP contribution in [0.4, 0.5) is 5.69 Å². The molecule has 1 aromatic rings. The number of esters is 1. The minimum Gasteiger partial charge on any atom is -0.465 e. The number of nitrogens with one attached hydrogen (secondary N) is 1. The lowest BCUT2D eigenvalue weighted by atomic mass is 9.99. The Bertz CT molecular complexity index is 642. The predicted molar refractivity (Wildman–Crippen MR) is 88.7 cm³/mol. The fourth-order valence-electron chi connectivity index (χ4n) is 2.07. The summed E-state index contributed by atoms with van der Waals surface area (Å²) in [6.45, 7) is 5.55. The predicted octanol–water partition coefficient (Wildman–Crippen LogP) is 2.68. The van der Waals surface area contributed by atoms with Crippen molar-refractivity contribution in [3.8, 4) is 0 Å². The molecule has 130 valence electrons. The molecule has 24 heavy (non-hydrogen) atoms. The van der Waals surface area contributed by atoms with Crippen molar-refractivity contribution in [2.45, 2.75) is 33.6 Å². The Kier molecular flexibility index (Phi) is 7.54. The number of nitrogens with zero attached hydrogens (tertiary/aromatic N) is 2. The number of benzene rings is 1. The lowest BCUT2D eigenvalue weighted by molar-refractivity contribution is -0.384. The van der Waals surface area contributed by atoms with Crippen LogP contribution in [0.15, 0.2) is 29.4 Å². The first-order valence-corrected chi connectivity index (χ1v) is 7.66. The third-order valence-corrected chi connectivity index (χ3v) is 3.31. The van der Waals surface area contributed by atoms with Gasteiger partial charge < -0.3 is 4.74 Å². The molecule has 0 saturated carbocycles. The van der Waals surface area contributed by atoms with E-state index in [2.05, 4.69) is 10.5 Å². The summed E-state index contributed by atoms with van der Waals surface area (Å²) in [5.41, 5.74) is 2.68. The maximum Gasteiger partial charge on any atom is 0.314 e. The van der Waals surface area contributed by atoms with Gasteiger partial charge >= 0.3 is 5.97 Å². The summed E-state index contributed by atoms with van der Waals surface area (Å²) in [5, 5.41) is 14.7. The minimum atomic E-state index is -0.586. The average Bonchev–Trinajstić information content (AvgIpc) is 2.57. The molecule has 0 unspecified atom stereocenters. The molecule has 0 radical (unpaired) electrons. The SMILES string of the molecule is CCC[C@@H](C(=O)OCC)C(C)=NNC(=O)c1cccc([N+](=O)[O-])c1. The van der Waals surface area contributed by atoms with E-state index in [0.29, 0.717) is 12.1 Å². The van der Waals surface area contributed by atoms with Gasteiger partial charge in [0, 0.05) is 23.4 Å². The molecular weight excluding hydrogens is 314 g/mol. The Morgan fingerprint density at radius 3 is 2.67 bits per heavy atom. The molecule has 0 saturated heterocycles. The standard InChI is InChI=1S/C16H21N3O5/c1-4-7-14(16(21)24-5-2)11(3)17-18-15(20)12-8-6-9-13(10-12)19(22)23/h6,8-10,14H,4-5,7H2,1-3H3,(H,18,20)/t14-/m1/s1. The minimum absolute atomic E-state index is 0.115. The summed E-state index contributed by atoms with van der Waals surface area (Å²) in [6.07, 6.45) is 1.32. The van der Waals surface area contributed by atoms with E-state index in [9.17, 15) is 19.7 Å². The summed E-state index contributed by atoms with van der Waals surface area (Å²) >= 11 is 0. The Morgan fingerprint density at radius 1 is 1.38 bits per heavy atom.